The number of ether oxygens (including phenoxy) is 2. The van der Waals surface area contributed by atoms with Crippen LogP contribution in [-0.4, -0.2) is 24.4 Å². The van der Waals surface area contributed by atoms with Crippen molar-refractivity contribution in [1.82, 2.24) is 4.98 Å². The lowest BCUT2D eigenvalue weighted by molar-refractivity contribution is 0.277. The molecule has 0 saturated heterocycles. The predicted octanol–water partition coefficient (Wildman–Crippen LogP) is 5.58. The van der Waals surface area contributed by atoms with Gasteiger partial charge in [-0.25, -0.2) is 4.98 Å². The van der Waals surface area contributed by atoms with Crippen LogP contribution in [0, 0.1) is 0 Å². The molecule has 5 nitrogen and oxygen atoms in total. The van der Waals surface area contributed by atoms with Crippen LogP contribution in [0.4, 0.5) is 5.13 Å². The number of para-hydroxylation sites is 1. The molecule has 0 radical (unpaired) electrons. The first kappa shape index (κ1) is 18.5. The molecule has 2 aromatic carbocycles. The van der Waals surface area contributed by atoms with Crippen molar-refractivity contribution in [2.75, 3.05) is 18.6 Å². The lowest BCUT2D eigenvalue weighted by Gasteiger charge is -2.13. The number of benzene rings is 2. The molecule has 7 heteroatoms. The monoisotopic (exact) mass is 389 g/mol. The molecule has 0 amide bonds. The lowest BCUT2D eigenvalue weighted by Crippen LogP contribution is -2.02. The van der Waals surface area contributed by atoms with Gasteiger partial charge in [-0.3, -0.25) is 5.43 Å². The van der Waals surface area contributed by atoms with Gasteiger partial charge in [0.05, 0.1) is 34.7 Å². The highest BCUT2D eigenvalue weighted by Gasteiger charge is 2.12. The predicted molar refractivity (Wildman–Crippen MR) is 109 cm³/mol. The summed E-state index contributed by atoms with van der Waals surface area (Å²) in [4.78, 5) is 4.48. The summed E-state index contributed by atoms with van der Waals surface area (Å²) in [7, 11) is 0. The van der Waals surface area contributed by atoms with Gasteiger partial charge in [0, 0.05) is 0 Å². The van der Waals surface area contributed by atoms with E-state index in [4.69, 9.17) is 21.1 Å². The summed E-state index contributed by atoms with van der Waals surface area (Å²) in [5.74, 6) is 1.20. The van der Waals surface area contributed by atoms with E-state index in [9.17, 15) is 0 Å². The first-order chi connectivity index (χ1) is 12.7. The van der Waals surface area contributed by atoms with Crippen molar-refractivity contribution in [3.05, 3.63) is 47.0 Å². The summed E-state index contributed by atoms with van der Waals surface area (Å²) in [5.41, 5.74) is 4.73. The number of nitrogens with one attached hydrogen (secondary N) is 1. The third-order valence-electron chi connectivity index (χ3n) is 3.45. The Hall–Kier alpha value is -2.31. The van der Waals surface area contributed by atoms with Gasteiger partial charge >= 0.3 is 0 Å². The first-order valence-electron chi connectivity index (χ1n) is 8.45. The number of fused-ring (bicyclic) bond motifs is 1. The number of rotatable bonds is 8. The van der Waals surface area contributed by atoms with Gasteiger partial charge in [0.1, 0.15) is 0 Å². The Morgan fingerprint density at radius 3 is 2.85 bits per heavy atom. The summed E-state index contributed by atoms with van der Waals surface area (Å²) in [6, 6.07) is 11.6. The number of anilines is 1. The normalized spacial score (nSPS) is 11.2. The van der Waals surface area contributed by atoms with Gasteiger partial charge in [-0.2, -0.15) is 5.10 Å². The van der Waals surface area contributed by atoms with Crippen molar-refractivity contribution in [2.24, 2.45) is 5.10 Å². The van der Waals surface area contributed by atoms with E-state index in [1.165, 1.54) is 0 Å². The van der Waals surface area contributed by atoms with Crippen LogP contribution >= 0.6 is 22.9 Å². The van der Waals surface area contributed by atoms with E-state index in [-0.39, 0.29) is 0 Å². The topological polar surface area (TPSA) is 55.7 Å². The quantitative estimate of drug-likeness (QED) is 0.403. The van der Waals surface area contributed by atoms with E-state index >= 15 is 0 Å². The Balaban J connectivity index is 1.76. The van der Waals surface area contributed by atoms with Gasteiger partial charge in [-0.05, 0) is 43.2 Å². The van der Waals surface area contributed by atoms with Gasteiger partial charge < -0.3 is 9.47 Å². The Labute approximate surface area is 161 Å². The molecule has 0 aliphatic heterocycles. The molecule has 0 spiro atoms. The second kappa shape index (κ2) is 8.87. The van der Waals surface area contributed by atoms with Crippen LogP contribution in [0.5, 0.6) is 11.5 Å². The second-order valence-electron chi connectivity index (χ2n) is 5.47. The van der Waals surface area contributed by atoms with Crippen molar-refractivity contribution in [3.63, 3.8) is 0 Å². The number of nitrogens with zero attached hydrogens (tertiary/aromatic N) is 2. The van der Waals surface area contributed by atoms with Gasteiger partial charge in [0.15, 0.2) is 11.5 Å². The van der Waals surface area contributed by atoms with Crippen LogP contribution in [0.3, 0.4) is 0 Å². The second-order valence-corrected chi connectivity index (χ2v) is 6.91. The van der Waals surface area contributed by atoms with E-state index < -0.39 is 0 Å². The van der Waals surface area contributed by atoms with E-state index in [1.54, 1.807) is 23.6 Å². The number of hydrogen-bond donors (Lipinski definition) is 1. The van der Waals surface area contributed by atoms with Crippen LogP contribution in [0.2, 0.25) is 5.02 Å². The van der Waals surface area contributed by atoms with Crippen LogP contribution in [-0.2, 0) is 0 Å². The number of thiazole rings is 1. The lowest BCUT2D eigenvalue weighted by atomic mass is 10.2. The summed E-state index contributed by atoms with van der Waals surface area (Å²) in [6.45, 7) is 5.09. The zero-order chi connectivity index (χ0) is 18.4. The van der Waals surface area contributed by atoms with Crippen LogP contribution in [0.25, 0.3) is 10.2 Å². The zero-order valence-electron chi connectivity index (χ0n) is 14.7. The fraction of sp³-hybridized carbons (Fsp3) is 0.263. The van der Waals surface area contributed by atoms with Crippen LogP contribution in [0.1, 0.15) is 25.8 Å². The minimum absolute atomic E-state index is 0.505. The van der Waals surface area contributed by atoms with Crippen molar-refractivity contribution in [1.29, 1.82) is 0 Å². The molecule has 0 fully saturated rings. The van der Waals surface area contributed by atoms with E-state index in [1.807, 2.05) is 44.2 Å². The maximum atomic E-state index is 6.36. The molecule has 0 aliphatic rings. The van der Waals surface area contributed by atoms with Crippen molar-refractivity contribution < 1.29 is 9.47 Å². The molecule has 0 saturated carbocycles. The molecule has 3 aromatic rings. The van der Waals surface area contributed by atoms with Gasteiger partial charge in [0.2, 0.25) is 5.13 Å². The number of hydrogen-bond acceptors (Lipinski definition) is 6. The largest absolute Gasteiger partial charge is 0.490 e. The van der Waals surface area contributed by atoms with Gasteiger partial charge in [-0.15, -0.1) is 0 Å². The van der Waals surface area contributed by atoms with Crippen molar-refractivity contribution in [3.8, 4) is 11.5 Å². The molecular formula is C19H20ClN3O2S. The highest BCUT2D eigenvalue weighted by molar-refractivity contribution is 7.22. The molecule has 1 N–H and O–H groups in total. The SMILES string of the molecule is CCCOc1c(Cl)cc(/C=N\Nc2nc3ccccc3s2)cc1OCC. The highest BCUT2D eigenvalue weighted by atomic mass is 35.5. The number of hydrazone groups is 1. The third-order valence-corrected chi connectivity index (χ3v) is 4.67. The summed E-state index contributed by atoms with van der Waals surface area (Å²) in [6.07, 6.45) is 2.58. The van der Waals surface area contributed by atoms with Crippen molar-refractivity contribution in [2.45, 2.75) is 20.3 Å². The minimum Gasteiger partial charge on any atom is -0.490 e. The van der Waals surface area contributed by atoms with Crippen LogP contribution in [0.15, 0.2) is 41.5 Å². The molecule has 1 heterocycles. The minimum atomic E-state index is 0.505. The van der Waals surface area contributed by atoms with Crippen LogP contribution < -0.4 is 14.9 Å². The standard InChI is InChI=1S/C19H20ClN3O2S/c1-3-9-25-18-14(20)10-13(11-16(18)24-4-2)12-21-23-19-22-15-7-5-6-8-17(15)26-19/h5-8,10-12H,3-4,9H2,1-2H3,(H,22,23)/b21-12-. The Bertz CT molecular complexity index is 878. The van der Waals surface area contributed by atoms with E-state index in [0.29, 0.717) is 29.7 Å². The maximum absolute atomic E-state index is 6.36. The molecule has 0 atom stereocenters. The molecule has 26 heavy (non-hydrogen) atoms. The molecule has 1 aromatic heterocycles. The Morgan fingerprint density at radius 1 is 1.23 bits per heavy atom. The zero-order valence-corrected chi connectivity index (χ0v) is 16.2. The number of halogens is 1. The molecule has 136 valence electrons. The van der Waals surface area contributed by atoms with Crippen molar-refractivity contribution >= 4 is 44.5 Å². The smallest absolute Gasteiger partial charge is 0.204 e. The summed E-state index contributed by atoms with van der Waals surface area (Å²) < 4.78 is 12.5. The Kier molecular flexibility index (Phi) is 6.30. The highest BCUT2D eigenvalue weighted by Crippen LogP contribution is 2.36. The van der Waals surface area contributed by atoms with E-state index in [2.05, 4.69) is 15.5 Å². The fourth-order valence-corrected chi connectivity index (χ4v) is 3.44. The molecular weight excluding hydrogens is 370 g/mol. The van der Waals surface area contributed by atoms with Gasteiger partial charge in [0.25, 0.3) is 0 Å². The number of aromatic nitrogens is 1. The molecule has 0 aliphatic carbocycles. The molecule has 0 unspecified atom stereocenters. The van der Waals surface area contributed by atoms with Gasteiger partial charge in [-0.1, -0.05) is 42.0 Å². The fourth-order valence-electron chi connectivity index (χ4n) is 2.35. The summed E-state index contributed by atoms with van der Waals surface area (Å²) >= 11 is 7.91. The Morgan fingerprint density at radius 2 is 2.08 bits per heavy atom. The molecule has 0 bridgehead atoms. The average molecular weight is 390 g/mol. The first-order valence-corrected chi connectivity index (χ1v) is 9.64. The summed E-state index contributed by atoms with van der Waals surface area (Å²) in [5, 5.41) is 5.50. The van der Waals surface area contributed by atoms with E-state index in [0.717, 1.165) is 27.3 Å². The average Bonchev–Trinajstić information content (AvgIpc) is 3.04. The molecule has 3 rings (SSSR count). The third kappa shape index (κ3) is 4.45. The maximum Gasteiger partial charge on any atom is 0.204 e.